The molecule has 5 nitrogen and oxygen atoms in total. The molecule has 0 aliphatic carbocycles. The fraction of sp³-hybridized carbons (Fsp3) is 0.0588. The number of halogens is 3. The van der Waals surface area contributed by atoms with E-state index in [2.05, 4.69) is 10.6 Å². The number of nitrogens with one attached hydrogen (secondary N) is 2. The molecular formula is C17H11Cl3N2O3. The number of ether oxygens (including phenoxy) is 1. The number of imide groups is 1. The van der Waals surface area contributed by atoms with E-state index in [0.717, 1.165) is 5.56 Å². The van der Waals surface area contributed by atoms with E-state index >= 15 is 0 Å². The van der Waals surface area contributed by atoms with Crippen LogP contribution in [0.1, 0.15) is 11.1 Å². The highest BCUT2D eigenvalue weighted by Crippen LogP contribution is 2.35. The lowest BCUT2D eigenvalue weighted by Gasteiger charge is -2.11. The maximum absolute atomic E-state index is 11.5. The third-order valence-corrected chi connectivity index (χ3v) is 4.16. The fourth-order valence-electron chi connectivity index (χ4n) is 2.19. The lowest BCUT2D eigenvalue weighted by Crippen LogP contribution is -2.22. The molecule has 1 aliphatic rings. The van der Waals surface area contributed by atoms with Crippen LogP contribution < -0.4 is 15.4 Å². The number of rotatable bonds is 4. The van der Waals surface area contributed by atoms with Crippen molar-refractivity contribution in [2.75, 3.05) is 0 Å². The van der Waals surface area contributed by atoms with Gasteiger partial charge in [-0.05, 0) is 41.5 Å². The monoisotopic (exact) mass is 396 g/mol. The predicted molar refractivity (Wildman–Crippen MR) is 96.9 cm³/mol. The molecule has 0 bridgehead atoms. The van der Waals surface area contributed by atoms with E-state index in [1.54, 1.807) is 24.3 Å². The highest BCUT2D eigenvalue weighted by molar-refractivity contribution is 6.37. The van der Waals surface area contributed by atoms with Gasteiger partial charge >= 0.3 is 6.03 Å². The lowest BCUT2D eigenvalue weighted by molar-refractivity contribution is -0.115. The van der Waals surface area contributed by atoms with Gasteiger partial charge in [-0.2, -0.15) is 0 Å². The van der Waals surface area contributed by atoms with E-state index in [-0.39, 0.29) is 22.3 Å². The molecule has 2 N–H and O–H groups in total. The minimum absolute atomic E-state index is 0.118. The molecule has 0 atom stereocenters. The van der Waals surface area contributed by atoms with Gasteiger partial charge in [0.2, 0.25) is 0 Å². The Kier molecular flexibility index (Phi) is 5.18. The van der Waals surface area contributed by atoms with Crippen molar-refractivity contribution in [2.45, 2.75) is 6.61 Å². The SMILES string of the molecule is O=C1NC(=O)/C(=C\c2cc(Cl)c(OCc3ccc(Cl)cc3)c(Cl)c2)N1. The lowest BCUT2D eigenvalue weighted by atomic mass is 10.1. The molecule has 0 saturated carbocycles. The quantitative estimate of drug-likeness (QED) is 0.593. The van der Waals surface area contributed by atoms with Gasteiger partial charge in [0.1, 0.15) is 12.3 Å². The number of carbonyl (C=O) groups is 2. The summed E-state index contributed by atoms with van der Waals surface area (Å²) in [5.74, 6) is -0.180. The summed E-state index contributed by atoms with van der Waals surface area (Å²) in [4.78, 5) is 22.7. The molecule has 1 heterocycles. The molecule has 0 spiro atoms. The van der Waals surface area contributed by atoms with Crippen LogP contribution in [0.5, 0.6) is 5.75 Å². The van der Waals surface area contributed by atoms with Crippen LogP contribution in [0.4, 0.5) is 4.79 Å². The average Bonchev–Trinajstić information content (AvgIpc) is 2.86. The Bertz CT molecular complexity index is 856. The first kappa shape index (κ1) is 17.6. The second-order valence-corrected chi connectivity index (χ2v) is 6.45. The molecular weight excluding hydrogens is 387 g/mol. The summed E-state index contributed by atoms with van der Waals surface area (Å²) in [6.07, 6.45) is 1.47. The van der Waals surface area contributed by atoms with Crippen molar-refractivity contribution in [1.29, 1.82) is 0 Å². The highest BCUT2D eigenvalue weighted by atomic mass is 35.5. The molecule has 1 aliphatic heterocycles. The zero-order valence-corrected chi connectivity index (χ0v) is 14.9. The van der Waals surface area contributed by atoms with Gasteiger partial charge in [-0.1, -0.05) is 46.9 Å². The maximum atomic E-state index is 11.5. The van der Waals surface area contributed by atoms with Gasteiger partial charge in [-0.25, -0.2) is 4.79 Å². The molecule has 128 valence electrons. The molecule has 0 radical (unpaired) electrons. The molecule has 25 heavy (non-hydrogen) atoms. The van der Waals surface area contributed by atoms with Crippen molar-refractivity contribution < 1.29 is 14.3 Å². The molecule has 3 amide bonds. The maximum Gasteiger partial charge on any atom is 0.326 e. The highest BCUT2D eigenvalue weighted by Gasteiger charge is 2.23. The van der Waals surface area contributed by atoms with E-state index in [0.29, 0.717) is 16.3 Å². The molecule has 1 fully saturated rings. The van der Waals surface area contributed by atoms with Crippen molar-refractivity contribution in [3.8, 4) is 5.75 Å². The molecule has 0 unspecified atom stereocenters. The van der Waals surface area contributed by atoms with E-state index in [9.17, 15) is 9.59 Å². The number of carbonyl (C=O) groups excluding carboxylic acids is 2. The van der Waals surface area contributed by atoms with Crippen LogP contribution in [-0.4, -0.2) is 11.9 Å². The second-order valence-electron chi connectivity index (χ2n) is 5.20. The number of hydrogen-bond donors (Lipinski definition) is 2. The van der Waals surface area contributed by atoms with E-state index < -0.39 is 11.9 Å². The summed E-state index contributed by atoms with van der Waals surface area (Å²) in [7, 11) is 0. The summed E-state index contributed by atoms with van der Waals surface area (Å²) < 4.78 is 5.68. The normalized spacial score (nSPS) is 15.2. The zero-order chi connectivity index (χ0) is 18.0. The van der Waals surface area contributed by atoms with Crippen molar-refractivity contribution in [3.63, 3.8) is 0 Å². The van der Waals surface area contributed by atoms with Crippen LogP contribution in [0.25, 0.3) is 6.08 Å². The van der Waals surface area contributed by atoms with Gasteiger partial charge in [0, 0.05) is 5.02 Å². The number of benzene rings is 2. The van der Waals surface area contributed by atoms with Crippen LogP contribution >= 0.6 is 34.8 Å². The van der Waals surface area contributed by atoms with Gasteiger partial charge in [0.05, 0.1) is 10.0 Å². The number of hydrogen-bond acceptors (Lipinski definition) is 3. The van der Waals surface area contributed by atoms with Gasteiger partial charge in [-0.15, -0.1) is 0 Å². The third-order valence-electron chi connectivity index (χ3n) is 3.35. The van der Waals surface area contributed by atoms with Crippen LogP contribution in [0, 0.1) is 0 Å². The Morgan fingerprint density at radius 2 is 1.60 bits per heavy atom. The van der Waals surface area contributed by atoms with Crippen molar-refractivity contribution >= 4 is 52.8 Å². The first-order valence-corrected chi connectivity index (χ1v) is 8.26. The minimum Gasteiger partial charge on any atom is -0.486 e. The van der Waals surface area contributed by atoms with Gasteiger partial charge in [0.15, 0.2) is 5.75 Å². The predicted octanol–water partition coefficient (Wildman–Crippen LogP) is 4.41. The Hall–Kier alpha value is -2.21. The van der Waals surface area contributed by atoms with Crippen LogP contribution in [0.15, 0.2) is 42.1 Å². The van der Waals surface area contributed by atoms with Crippen LogP contribution in [0.3, 0.4) is 0 Å². The summed E-state index contributed by atoms with van der Waals surface area (Å²) in [5.41, 5.74) is 1.58. The Morgan fingerprint density at radius 3 is 2.16 bits per heavy atom. The summed E-state index contributed by atoms with van der Waals surface area (Å²) in [5, 5.41) is 5.72. The van der Waals surface area contributed by atoms with Crippen LogP contribution in [-0.2, 0) is 11.4 Å². The second kappa shape index (κ2) is 7.35. The van der Waals surface area contributed by atoms with Crippen molar-refractivity contribution in [1.82, 2.24) is 10.6 Å². The minimum atomic E-state index is -0.573. The third kappa shape index (κ3) is 4.25. The molecule has 3 rings (SSSR count). The van der Waals surface area contributed by atoms with E-state index in [1.165, 1.54) is 6.08 Å². The molecule has 1 saturated heterocycles. The summed E-state index contributed by atoms with van der Waals surface area (Å²) in [6, 6.07) is 9.81. The first-order chi connectivity index (χ1) is 11.9. The topological polar surface area (TPSA) is 67.4 Å². The summed E-state index contributed by atoms with van der Waals surface area (Å²) in [6.45, 7) is 0.273. The number of urea groups is 1. The molecule has 2 aromatic rings. The standard InChI is InChI=1S/C17H11Cl3N2O3/c18-11-3-1-9(2-4-11)8-25-15-12(19)5-10(6-13(15)20)7-14-16(23)22-17(24)21-14/h1-7H,8H2,(H2,21,22,23,24)/b14-7+. The van der Waals surface area contributed by atoms with E-state index in [1.807, 2.05) is 12.1 Å². The van der Waals surface area contributed by atoms with Gasteiger partial charge in [0.25, 0.3) is 5.91 Å². The molecule has 0 aromatic heterocycles. The zero-order valence-electron chi connectivity index (χ0n) is 12.6. The van der Waals surface area contributed by atoms with Crippen molar-refractivity contribution in [3.05, 3.63) is 68.3 Å². The Balaban J connectivity index is 1.78. The Labute approximate surface area is 158 Å². The van der Waals surface area contributed by atoms with Gasteiger partial charge < -0.3 is 10.1 Å². The molecule has 8 heteroatoms. The largest absolute Gasteiger partial charge is 0.486 e. The number of amides is 3. The summed E-state index contributed by atoms with van der Waals surface area (Å²) >= 11 is 18.3. The van der Waals surface area contributed by atoms with Crippen molar-refractivity contribution in [2.24, 2.45) is 0 Å². The van der Waals surface area contributed by atoms with Gasteiger partial charge in [-0.3, -0.25) is 10.1 Å². The molecule has 2 aromatic carbocycles. The Morgan fingerprint density at radius 1 is 0.960 bits per heavy atom. The first-order valence-electron chi connectivity index (χ1n) is 7.12. The smallest absolute Gasteiger partial charge is 0.326 e. The average molecular weight is 398 g/mol. The van der Waals surface area contributed by atoms with E-state index in [4.69, 9.17) is 39.5 Å². The van der Waals surface area contributed by atoms with Crippen LogP contribution in [0.2, 0.25) is 15.1 Å². The fourth-order valence-corrected chi connectivity index (χ4v) is 2.92.